The molecule has 0 fully saturated rings. The van der Waals surface area contributed by atoms with Gasteiger partial charge in [0.25, 0.3) is 0 Å². The zero-order chi connectivity index (χ0) is 14.9. The van der Waals surface area contributed by atoms with Crippen LogP contribution in [0.1, 0.15) is 22.7 Å². The maximum Gasteiger partial charge on any atom is 0.162 e. The highest BCUT2D eigenvalue weighted by Gasteiger charge is 2.16. The van der Waals surface area contributed by atoms with E-state index in [9.17, 15) is 13.2 Å². The highest BCUT2D eigenvalue weighted by Crippen LogP contribution is 2.27. The third-order valence-corrected chi connectivity index (χ3v) is 3.48. The van der Waals surface area contributed by atoms with Gasteiger partial charge in [0, 0.05) is 11.1 Å². The zero-order valence-electron chi connectivity index (χ0n) is 10.8. The van der Waals surface area contributed by atoms with Crippen LogP contribution in [0.2, 0.25) is 5.02 Å². The second kappa shape index (κ2) is 5.85. The molecular weight excluding hydrogens is 287 g/mol. The standard InChI is InChI=1S/C15H13ClF3N/c1-8-5-10(11(16)7-13(8)18)14(20)6-9-3-2-4-12(17)15(9)19/h2-5,7,14H,6,20H2,1H3. The van der Waals surface area contributed by atoms with Gasteiger partial charge in [-0.25, -0.2) is 13.2 Å². The maximum absolute atomic E-state index is 13.6. The summed E-state index contributed by atoms with van der Waals surface area (Å²) in [6.45, 7) is 1.59. The highest BCUT2D eigenvalue weighted by molar-refractivity contribution is 6.31. The van der Waals surface area contributed by atoms with E-state index in [1.54, 1.807) is 6.92 Å². The molecule has 2 N–H and O–H groups in total. The van der Waals surface area contributed by atoms with Crippen LogP contribution in [-0.4, -0.2) is 0 Å². The van der Waals surface area contributed by atoms with E-state index < -0.39 is 23.5 Å². The fourth-order valence-corrected chi connectivity index (χ4v) is 2.31. The lowest BCUT2D eigenvalue weighted by atomic mass is 9.97. The van der Waals surface area contributed by atoms with Crippen molar-refractivity contribution in [2.24, 2.45) is 5.73 Å². The van der Waals surface area contributed by atoms with E-state index in [1.165, 1.54) is 24.3 Å². The van der Waals surface area contributed by atoms with Gasteiger partial charge in [0.2, 0.25) is 0 Å². The van der Waals surface area contributed by atoms with E-state index in [1.807, 2.05) is 0 Å². The van der Waals surface area contributed by atoms with Gasteiger partial charge in [0.1, 0.15) is 5.82 Å². The summed E-state index contributed by atoms with van der Waals surface area (Å²) >= 11 is 5.95. The minimum absolute atomic E-state index is 0.0778. The maximum atomic E-state index is 13.6. The van der Waals surface area contributed by atoms with Crippen molar-refractivity contribution in [3.63, 3.8) is 0 Å². The second-order valence-electron chi connectivity index (χ2n) is 4.65. The molecule has 0 amide bonds. The predicted octanol–water partition coefficient (Wildman–Crippen LogP) is 4.31. The summed E-state index contributed by atoms with van der Waals surface area (Å²) in [5.74, 6) is -2.27. The van der Waals surface area contributed by atoms with Crippen LogP contribution in [0.15, 0.2) is 30.3 Å². The lowest BCUT2D eigenvalue weighted by Gasteiger charge is -2.15. The van der Waals surface area contributed by atoms with Crippen LogP contribution in [0.3, 0.4) is 0 Å². The number of hydrogen-bond donors (Lipinski definition) is 1. The number of benzene rings is 2. The minimum Gasteiger partial charge on any atom is -0.324 e. The molecule has 20 heavy (non-hydrogen) atoms. The van der Waals surface area contributed by atoms with Crippen LogP contribution in [0.4, 0.5) is 13.2 Å². The smallest absolute Gasteiger partial charge is 0.162 e. The van der Waals surface area contributed by atoms with Crippen molar-refractivity contribution < 1.29 is 13.2 Å². The molecule has 0 aliphatic rings. The van der Waals surface area contributed by atoms with Gasteiger partial charge in [-0.15, -0.1) is 0 Å². The first-order chi connectivity index (χ1) is 9.40. The SMILES string of the molecule is Cc1cc(C(N)Cc2cccc(F)c2F)c(Cl)cc1F. The molecule has 1 atom stereocenters. The molecular formula is C15H13ClF3N. The van der Waals surface area contributed by atoms with Crippen molar-refractivity contribution in [1.29, 1.82) is 0 Å². The number of halogens is 4. The van der Waals surface area contributed by atoms with Crippen molar-refractivity contribution in [3.05, 3.63) is 69.5 Å². The Morgan fingerprint density at radius 3 is 2.55 bits per heavy atom. The van der Waals surface area contributed by atoms with Gasteiger partial charge in [-0.05, 0) is 42.2 Å². The normalized spacial score (nSPS) is 12.5. The second-order valence-corrected chi connectivity index (χ2v) is 5.05. The number of aryl methyl sites for hydroxylation is 1. The monoisotopic (exact) mass is 299 g/mol. The Kier molecular flexibility index (Phi) is 4.35. The van der Waals surface area contributed by atoms with Crippen LogP contribution < -0.4 is 5.73 Å². The third kappa shape index (κ3) is 2.97. The predicted molar refractivity (Wildman–Crippen MR) is 73.1 cm³/mol. The number of nitrogens with two attached hydrogens (primary N) is 1. The van der Waals surface area contributed by atoms with E-state index in [2.05, 4.69) is 0 Å². The summed E-state index contributed by atoms with van der Waals surface area (Å²) in [5.41, 5.74) is 7.04. The fourth-order valence-electron chi connectivity index (χ4n) is 2.02. The molecule has 0 spiro atoms. The van der Waals surface area contributed by atoms with Gasteiger partial charge in [-0.3, -0.25) is 0 Å². The van der Waals surface area contributed by atoms with Crippen molar-refractivity contribution in [1.82, 2.24) is 0 Å². The zero-order valence-corrected chi connectivity index (χ0v) is 11.5. The lowest BCUT2D eigenvalue weighted by Crippen LogP contribution is -2.15. The minimum atomic E-state index is -0.920. The van der Waals surface area contributed by atoms with Crippen LogP contribution >= 0.6 is 11.6 Å². The van der Waals surface area contributed by atoms with Crippen molar-refractivity contribution in [2.75, 3.05) is 0 Å². The topological polar surface area (TPSA) is 26.0 Å². The molecule has 0 bridgehead atoms. The van der Waals surface area contributed by atoms with E-state index in [-0.39, 0.29) is 17.0 Å². The van der Waals surface area contributed by atoms with E-state index in [0.29, 0.717) is 11.1 Å². The molecule has 0 aliphatic heterocycles. The first-order valence-electron chi connectivity index (χ1n) is 6.04. The van der Waals surface area contributed by atoms with Gasteiger partial charge in [0.05, 0.1) is 0 Å². The molecule has 0 aromatic heterocycles. The molecule has 2 rings (SSSR count). The molecule has 0 saturated heterocycles. The number of hydrogen-bond acceptors (Lipinski definition) is 1. The van der Waals surface area contributed by atoms with Gasteiger partial charge in [-0.2, -0.15) is 0 Å². The first-order valence-corrected chi connectivity index (χ1v) is 6.42. The summed E-state index contributed by atoms with van der Waals surface area (Å²) in [6, 6.07) is 5.98. The Morgan fingerprint density at radius 2 is 1.85 bits per heavy atom. The molecule has 2 aromatic rings. The number of rotatable bonds is 3. The first kappa shape index (κ1) is 14.9. The Hall–Kier alpha value is -1.52. The molecule has 106 valence electrons. The Labute approximate surface area is 120 Å². The average molecular weight is 300 g/mol. The van der Waals surface area contributed by atoms with Crippen LogP contribution in [0.5, 0.6) is 0 Å². The van der Waals surface area contributed by atoms with E-state index in [0.717, 1.165) is 6.07 Å². The Balaban J connectivity index is 2.31. The fraction of sp³-hybridized carbons (Fsp3) is 0.200. The molecule has 0 heterocycles. The van der Waals surface area contributed by atoms with Crippen LogP contribution in [-0.2, 0) is 6.42 Å². The molecule has 0 aliphatic carbocycles. The largest absolute Gasteiger partial charge is 0.324 e. The van der Waals surface area contributed by atoms with Gasteiger partial charge < -0.3 is 5.73 Å². The van der Waals surface area contributed by atoms with Crippen LogP contribution in [0.25, 0.3) is 0 Å². The van der Waals surface area contributed by atoms with Crippen LogP contribution in [0, 0.1) is 24.4 Å². The molecule has 5 heteroatoms. The van der Waals surface area contributed by atoms with Crippen molar-refractivity contribution in [3.8, 4) is 0 Å². The summed E-state index contributed by atoms with van der Waals surface area (Å²) < 4.78 is 40.1. The van der Waals surface area contributed by atoms with Gasteiger partial charge in [0.15, 0.2) is 11.6 Å². The quantitative estimate of drug-likeness (QED) is 0.898. The molecule has 0 saturated carbocycles. The third-order valence-electron chi connectivity index (χ3n) is 3.15. The molecule has 1 unspecified atom stereocenters. The van der Waals surface area contributed by atoms with E-state index >= 15 is 0 Å². The summed E-state index contributed by atoms with van der Waals surface area (Å²) in [4.78, 5) is 0. The van der Waals surface area contributed by atoms with Crippen molar-refractivity contribution >= 4 is 11.6 Å². The molecule has 0 radical (unpaired) electrons. The highest BCUT2D eigenvalue weighted by atomic mass is 35.5. The van der Waals surface area contributed by atoms with Crippen molar-refractivity contribution in [2.45, 2.75) is 19.4 Å². The Bertz CT molecular complexity index is 643. The summed E-state index contributed by atoms with van der Waals surface area (Å²) in [7, 11) is 0. The van der Waals surface area contributed by atoms with Gasteiger partial charge >= 0.3 is 0 Å². The average Bonchev–Trinajstić information content (AvgIpc) is 2.39. The molecule has 2 aromatic carbocycles. The lowest BCUT2D eigenvalue weighted by molar-refractivity contribution is 0.494. The van der Waals surface area contributed by atoms with Gasteiger partial charge in [-0.1, -0.05) is 29.8 Å². The Morgan fingerprint density at radius 1 is 1.15 bits per heavy atom. The summed E-state index contributed by atoms with van der Waals surface area (Å²) in [5, 5.41) is 0.178. The molecule has 1 nitrogen and oxygen atoms in total. The summed E-state index contributed by atoms with van der Waals surface area (Å²) in [6.07, 6.45) is 0.0778. The van der Waals surface area contributed by atoms with E-state index in [4.69, 9.17) is 17.3 Å².